The fraction of sp³-hybridized carbons (Fsp3) is 0.556. The summed E-state index contributed by atoms with van der Waals surface area (Å²) < 4.78 is 0. The summed E-state index contributed by atoms with van der Waals surface area (Å²) in [5.74, 6) is 3.20. The molecule has 0 radical (unpaired) electrons. The standard InChI is InChI=1S/C18H21N5O2/c24-18(25)15-7-12(5-6-19-15)23-8-13(10-1-2-10)14(9-23)17-20-16(21-22-17)11-3-4-11/h5-7,10-11,13-14H,1-4,8-9H2,(H,24,25)(H,20,21,22)/t13-,14+/m1/s1. The van der Waals surface area contributed by atoms with Crippen LogP contribution in [0.25, 0.3) is 0 Å². The van der Waals surface area contributed by atoms with Crippen molar-refractivity contribution in [3.8, 4) is 0 Å². The Labute approximate surface area is 145 Å². The quantitative estimate of drug-likeness (QED) is 0.868. The van der Waals surface area contributed by atoms with E-state index in [1.54, 1.807) is 12.3 Å². The van der Waals surface area contributed by atoms with Crippen LogP contribution in [0.3, 0.4) is 0 Å². The third-order valence-electron chi connectivity index (χ3n) is 5.73. The maximum atomic E-state index is 11.2. The molecule has 3 aliphatic rings. The monoisotopic (exact) mass is 339 g/mol. The number of carbonyl (C=O) groups is 1. The lowest BCUT2D eigenvalue weighted by Crippen LogP contribution is -2.20. The third kappa shape index (κ3) is 2.77. The zero-order valence-corrected chi connectivity index (χ0v) is 13.9. The number of hydrogen-bond donors (Lipinski definition) is 2. The van der Waals surface area contributed by atoms with E-state index in [0.717, 1.165) is 36.3 Å². The van der Waals surface area contributed by atoms with Crippen molar-refractivity contribution in [1.29, 1.82) is 0 Å². The number of carboxylic acids is 1. The Bertz CT molecular complexity index is 811. The number of hydrogen-bond acceptors (Lipinski definition) is 5. The van der Waals surface area contributed by atoms with Crippen LogP contribution in [0.4, 0.5) is 5.69 Å². The maximum absolute atomic E-state index is 11.2. The molecule has 7 heteroatoms. The molecule has 2 saturated carbocycles. The van der Waals surface area contributed by atoms with E-state index in [1.807, 2.05) is 6.07 Å². The zero-order chi connectivity index (χ0) is 17.0. The largest absolute Gasteiger partial charge is 0.477 e. The van der Waals surface area contributed by atoms with Gasteiger partial charge in [0.25, 0.3) is 0 Å². The van der Waals surface area contributed by atoms with Crippen molar-refractivity contribution in [2.45, 2.75) is 37.5 Å². The minimum absolute atomic E-state index is 0.0969. The molecule has 2 atom stereocenters. The van der Waals surface area contributed by atoms with E-state index in [2.05, 4.69) is 20.1 Å². The van der Waals surface area contributed by atoms with Gasteiger partial charge in [0.1, 0.15) is 11.5 Å². The molecular formula is C18H21N5O2. The maximum Gasteiger partial charge on any atom is 0.354 e. The van der Waals surface area contributed by atoms with E-state index in [0.29, 0.717) is 17.8 Å². The first kappa shape index (κ1) is 14.9. The van der Waals surface area contributed by atoms with Crippen LogP contribution >= 0.6 is 0 Å². The fourth-order valence-corrected chi connectivity index (χ4v) is 4.04. The summed E-state index contributed by atoms with van der Waals surface area (Å²) in [6.07, 6.45) is 6.56. The summed E-state index contributed by atoms with van der Waals surface area (Å²) in [6.45, 7) is 1.79. The molecule has 5 rings (SSSR count). The van der Waals surface area contributed by atoms with E-state index < -0.39 is 5.97 Å². The second kappa shape index (κ2) is 5.54. The van der Waals surface area contributed by atoms with Crippen LogP contribution in [0, 0.1) is 11.8 Å². The Hall–Kier alpha value is -2.44. The lowest BCUT2D eigenvalue weighted by Gasteiger charge is -2.18. The summed E-state index contributed by atoms with van der Waals surface area (Å²) in [4.78, 5) is 22.2. The van der Waals surface area contributed by atoms with E-state index in [-0.39, 0.29) is 5.69 Å². The van der Waals surface area contributed by atoms with Gasteiger partial charge in [-0.2, -0.15) is 5.10 Å². The van der Waals surface area contributed by atoms with Crippen molar-refractivity contribution in [2.75, 3.05) is 18.0 Å². The zero-order valence-electron chi connectivity index (χ0n) is 13.9. The first-order valence-electron chi connectivity index (χ1n) is 9.05. The molecule has 7 nitrogen and oxygen atoms in total. The molecule has 1 aliphatic heterocycles. The van der Waals surface area contributed by atoms with Crippen molar-refractivity contribution in [3.05, 3.63) is 35.7 Å². The van der Waals surface area contributed by atoms with E-state index >= 15 is 0 Å². The smallest absolute Gasteiger partial charge is 0.354 e. The fourth-order valence-electron chi connectivity index (χ4n) is 4.04. The van der Waals surface area contributed by atoms with Gasteiger partial charge in [0.05, 0.1) is 0 Å². The molecule has 0 bridgehead atoms. The molecule has 2 aliphatic carbocycles. The number of aromatic nitrogens is 4. The number of aromatic amines is 1. The van der Waals surface area contributed by atoms with E-state index in [4.69, 9.17) is 4.98 Å². The predicted octanol–water partition coefficient (Wildman–Crippen LogP) is 2.41. The Balaban J connectivity index is 1.41. The van der Waals surface area contributed by atoms with Crippen LogP contribution in [0.1, 0.15) is 59.7 Å². The van der Waals surface area contributed by atoms with Crippen LogP contribution in [0.5, 0.6) is 0 Å². The van der Waals surface area contributed by atoms with Gasteiger partial charge in [0, 0.05) is 36.8 Å². The summed E-state index contributed by atoms with van der Waals surface area (Å²) >= 11 is 0. The molecule has 0 spiro atoms. The SMILES string of the molecule is O=C(O)c1cc(N2C[C@H](c3nc(C4CC4)n[nH]3)[C@@H](C3CC3)C2)ccn1. The molecule has 3 heterocycles. The van der Waals surface area contributed by atoms with Gasteiger partial charge in [-0.3, -0.25) is 5.10 Å². The van der Waals surface area contributed by atoms with E-state index in [1.165, 1.54) is 25.7 Å². The minimum Gasteiger partial charge on any atom is -0.477 e. The van der Waals surface area contributed by atoms with Crippen LogP contribution in [0.2, 0.25) is 0 Å². The molecule has 0 unspecified atom stereocenters. The molecule has 25 heavy (non-hydrogen) atoms. The van der Waals surface area contributed by atoms with E-state index in [9.17, 15) is 9.90 Å². The molecule has 0 amide bonds. The van der Waals surface area contributed by atoms with Gasteiger partial charge in [-0.1, -0.05) is 0 Å². The second-order valence-electron chi connectivity index (χ2n) is 7.57. The third-order valence-corrected chi connectivity index (χ3v) is 5.73. The van der Waals surface area contributed by atoms with Crippen molar-refractivity contribution in [3.63, 3.8) is 0 Å². The topological polar surface area (TPSA) is 95.0 Å². The highest BCUT2D eigenvalue weighted by molar-refractivity contribution is 5.86. The minimum atomic E-state index is -0.986. The number of rotatable bonds is 5. The second-order valence-corrected chi connectivity index (χ2v) is 7.57. The van der Waals surface area contributed by atoms with Gasteiger partial charge in [-0.05, 0) is 49.7 Å². The molecule has 3 fully saturated rings. The highest BCUT2D eigenvalue weighted by Crippen LogP contribution is 2.48. The first-order chi connectivity index (χ1) is 12.2. The molecule has 1 saturated heterocycles. The van der Waals surface area contributed by atoms with Gasteiger partial charge >= 0.3 is 5.97 Å². The summed E-state index contributed by atoms with van der Waals surface area (Å²) in [6, 6.07) is 3.57. The summed E-state index contributed by atoms with van der Waals surface area (Å²) in [7, 11) is 0. The molecule has 0 aromatic carbocycles. The molecule has 2 aromatic rings. The lowest BCUT2D eigenvalue weighted by atomic mass is 9.91. The molecule has 130 valence electrons. The normalized spacial score (nSPS) is 26.2. The predicted molar refractivity (Wildman–Crippen MR) is 90.7 cm³/mol. The van der Waals surface area contributed by atoms with Crippen LogP contribution in [-0.4, -0.2) is 44.3 Å². The van der Waals surface area contributed by atoms with Gasteiger partial charge < -0.3 is 10.0 Å². The lowest BCUT2D eigenvalue weighted by molar-refractivity contribution is 0.0690. The molecule has 2 aromatic heterocycles. The highest BCUT2D eigenvalue weighted by atomic mass is 16.4. The summed E-state index contributed by atoms with van der Waals surface area (Å²) in [5.41, 5.74) is 1.03. The van der Waals surface area contributed by atoms with Gasteiger partial charge in [0.15, 0.2) is 5.82 Å². The first-order valence-corrected chi connectivity index (χ1v) is 9.05. The van der Waals surface area contributed by atoms with Crippen molar-refractivity contribution in [1.82, 2.24) is 20.2 Å². The van der Waals surface area contributed by atoms with Crippen LogP contribution < -0.4 is 4.90 Å². The number of aromatic carboxylic acids is 1. The molecular weight excluding hydrogens is 318 g/mol. The Morgan fingerprint density at radius 3 is 2.80 bits per heavy atom. The Morgan fingerprint density at radius 1 is 1.24 bits per heavy atom. The van der Waals surface area contributed by atoms with Gasteiger partial charge in [-0.25, -0.2) is 14.8 Å². The van der Waals surface area contributed by atoms with Crippen molar-refractivity contribution < 1.29 is 9.90 Å². The average Bonchev–Trinajstić information content (AvgIpc) is 3.55. The summed E-state index contributed by atoms with van der Waals surface area (Å²) in [5, 5.41) is 16.8. The number of carboxylic acid groups (broad SMARTS) is 1. The van der Waals surface area contributed by atoms with Crippen molar-refractivity contribution in [2.24, 2.45) is 11.8 Å². The average molecular weight is 339 g/mol. The Morgan fingerprint density at radius 2 is 2.08 bits per heavy atom. The van der Waals surface area contributed by atoms with Crippen LogP contribution in [-0.2, 0) is 0 Å². The highest BCUT2D eigenvalue weighted by Gasteiger charge is 2.45. The number of nitrogens with zero attached hydrogens (tertiary/aromatic N) is 4. The molecule has 2 N–H and O–H groups in total. The number of nitrogens with one attached hydrogen (secondary N) is 1. The number of pyridine rings is 1. The van der Waals surface area contributed by atoms with Gasteiger partial charge in [-0.15, -0.1) is 0 Å². The number of anilines is 1. The van der Waals surface area contributed by atoms with Crippen molar-refractivity contribution >= 4 is 11.7 Å². The van der Waals surface area contributed by atoms with Gasteiger partial charge in [0.2, 0.25) is 0 Å². The number of H-pyrrole nitrogens is 1. The Kier molecular flexibility index (Phi) is 3.29. The van der Waals surface area contributed by atoms with Crippen LogP contribution in [0.15, 0.2) is 18.3 Å².